The second kappa shape index (κ2) is 6.92. The smallest absolute Gasteiger partial charge is 0.164 e. The Morgan fingerprint density at radius 1 is 1.16 bits per heavy atom. The maximum Gasteiger partial charge on any atom is 0.164 e. The number of fused-ring (bicyclic) bond motifs is 1. The number of likely N-dealkylation sites (tertiary alicyclic amines) is 1. The van der Waals surface area contributed by atoms with Crippen molar-refractivity contribution in [3.05, 3.63) is 53.8 Å². The summed E-state index contributed by atoms with van der Waals surface area (Å²) in [5, 5.41) is 9.71. The van der Waals surface area contributed by atoms with Gasteiger partial charge in [0, 0.05) is 19.2 Å². The molecule has 2 aromatic carbocycles. The number of rotatable bonds is 3. The van der Waals surface area contributed by atoms with Crippen LogP contribution in [0.15, 0.2) is 42.5 Å². The lowest BCUT2D eigenvalue weighted by Crippen LogP contribution is -2.44. The van der Waals surface area contributed by atoms with Crippen LogP contribution in [0.5, 0.6) is 17.2 Å². The Balaban J connectivity index is 1.40. The second-order valence-corrected chi connectivity index (χ2v) is 6.84. The van der Waals surface area contributed by atoms with Crippen molar-refractivity contribution < 1.29 is 19.0 Å². The minimum atomic E-state index is -0.315. The highest BCUT2D eigenvalue weighted by atomic mass is 19.1. The van der Waals surface area contributed by atoms with Crippen LogP contribution in [0.25, 0.3) is 0 Å². The van der Waals surface area contributed by atoms with Gasteiger partial charge in [-0.2, -0.15) is 0 Å². The average molecular weight is 343 g/mol. The molecule has 4 nitrogen and oxygen atoms in total. The van der Waals surface area contributed by atoms with Crippen molar-refractivity contribution in [3.8, 4) is 17.2 Å². The largest absolute Gasteiger partial charge is 0.508 e. The molecule has 132 valence electrons. The molecule has 2 aliphatic heterocycles. The third kappa shape index (κ3) is 3.71. The number of ether oxygens (including phenoxy) is 2. The fourth-order valence-corrected chi connectivity index (χ4v) is 3.74. The van der Waals surface area contributed by atoms with Gasteiger partial charge in [0.15, 0.2) is 11.5 Å². The van der Waals surface area contributed by atoms with Crippen molar-refractivity contribution in [2.75, 3.05) is 26.2 Å². The van der Waals surface area contributed by atoms with Gasteiger partial charge in [-0.1, -0.05) is 12.1 Å². The molecule has 5 heteroatoms. The SMILES string of the molecule is Oc1cccc([C@H]2CCCN(C[C@H]3COc4ccc(F)cc4O3)C2)c1. The number of hydrogen-bond acceptors (Lipinski definition) is 4. The van der Waals surface area contributed by atoms with E-state index in [0.717, 1.165) is 32.5 Å². The van der Waals surface area contributed by atoms with E-state index in [-0.39, 0.29) is 11.9 Å². The van der Waals surface area contributed by atoms with Gasteiger partial charge in [-0.25, -0.2) is 4.39 Å². The predicted molar refractivity (Wildman–Crippen MR) is 92.8 cm³/mol. The van der Waals surface area contributed by atoms with E-state index in [1.54, 1.807) is 12.1 Å². The van der Waals surface area contributed by atoms with Crippen molar-refractivity contribution in [3.63, 3.8) is 0 Å². The average Bonchev–Trinajstić information content (AvgIpc) is 2.62. The highest BCUT2D eigenvalue weighted by Gasteiger charge is 2.27. The molecule has 0 spiro atoms. The van der Waals surface area contributed by atoms with Crippen LogP contribution in [0.1, 0.15) is 24.3 Å². The Hall–Kier alpha value is -2.27. The molecule has 1 fully saturated rings. The summed E-state index contributed by atoms with van der Waals surface area (Å²) in [4.78, 5) is 2.37. The molecule has 0 amide bonds. The quantitative estimate of drug-likeness (QED) is 0.925. The molecule has 2 atom stereocenters. The summed E-state index contributed by atoms with van der Waals surface area (Å²) in [5.74, 6) is 1.50. The maximum atomic E-state index is 13.4. The van der Waals surface area contributed by atoms with Crippen LogP contribution >= 0.6 is 0 Å². The van der Waals surface area contributed by atoms with Crippen LogP contribution in [0, 0.1) is 5.82 Å². The molecule has 2 aromatic rings. The summed E-state index contributed by atoms with van der Waals surface area (Å²) in [7, 11) is 0. The Morgan fingerprint density at radius 2 is 2.08 bits per heavy atom. The van der Waals surface area contributed by atoms with Crippen LogP contribution in [0.3, 0.4) is 0 Å². The zero-order chi connectivity index (χ0) is 17.2. The zero-order valence-corrected chi connectivity index (χ0v) is 14.0. The van der Waals surface area contributed by atoms with Gasteiger partial charge < -0.3 is 14.6 Å². The van der Waals surface area contributed by atoms with E-state index in [1.165, 1.54) is 17.7 Å². The van der Waals surface area contributed by atoms with Gasteiger partial charge in [0.25, 0.3) is 0 Å². The normalized spacial score (nSPS) is 23.4. The molecule has 0 radical (unpaired) electrons. The van der Waals surface area contributed by atoms with Crippen molar-refractivity contribution in [1.82, 2.24) is 4.90 Å². The van der Waals surface area contributed by atoms with E-state index < -0.39 is 0 Å². The molecule has 4 rings (SSSR count). The summed E-state index contributed by atoms with van der Waals surface area (Å²) in [5.41, 5.74) is 1.18. The summed E-state index contributed by atoms with van der Waals surface area (Å²) in [6.45, 7) is 3.18. The van der Waals surface area contributed by atoms with Crippen molar-refractivity contribution in [1.29, 1.82) is 0 Å². The van der Waals surface area contributed by atoms with Crippen molar-refractivity contribution in [2.45, 2.75) is 24.9 Å². The molecule has 0 saturated carbocycles. The van der Waals surface area contributed by atoms with Crippen molar-refractivity contribution in [2.24, 2.45) is 0 Å². The standard InChI is InChI=1S/C20H22FNO3/c21-16-6-7-19-20(10-16)25-18(13-24-19)12-22-8-2-4-15(11-22)14-3-1-5-17(23)9-14/h1,3,5-7,9-10,15,18,23H,2,4,8,11-13H2/t15-,18-/m0/s1. The lowest BCUT2D eigenvalue weighted by molar-refractivity contribution is 0.0501. The Bertz CT molecular complexity index is 751. The second-order valence-electron chi connectivity index (χ2n) is 6.84. The minimum absolute atomic E-state index is 0.0998. The van der Waals surface area contributed by atoms with Gasteiger partial charge in [-0.3, -0.25) is 4.90 Å². The molecule has 2 aliphatic rings. The fraction of sp³-hybridized carbons (Fsp3) is 0.400. The number of piperidine rings is 1. The van der Waals surface area contributed by atoms with E-state index in [0.29, 0.717) is 29.8 Å². The molecular formula is C20H22FNO3. The van der Waals surface area contributed by atoms with Gasteiger partial charge in [-0.05, 0) is 55.1 Å². The van der Waals surface area contributed by atoms with Crippen molar-refractivity contribution >= 4 is 0 Å². The van der Waals surface area contributed by atoms with Crippen LogP contribution in [0.4, 0.5) is 4.39 Å². The predicted octanol–water partition coefficient (Wildman–Crippen LogP) is 3.55. The molecule has 0 unspecified atom stereocenters. The molecule has 0 bridgehead atoms. The van der Waals surface area contributed by atoms with Gasteiger partial charge in [0.05, 0.1) is 0 Å². The summed E-state index contributed by atoms with van der Waals surface area (Å²) < 4.78 is 25.0. The Labute approximate surface area is 146 Å². The first-order chi connectivity index (χ1) is 12.2. The summed E-state index contributed by atoms with van der Waals surface area (Å²) in [6.07, 6.45) is 2.13. The van der Waals surface area contributed by atoms with Crippen LogP contribution < -0.4 is 9.47 Å². The Kier molecular flexibility index (Phi) is 4.49. The molecule has 1 N–H and O–H groups in total. The molecule has 0 aliphatic carbocycles. The molecule has 2 heterocycles. The molecule has 1 saturated heterocycles. The monoisotopic (exact) mass is 343 g/mol. The molecule has 0 aromatic heterocycles. The van der Waals surface area contributed by atoms with Gasteiger partial charge in [0.1, 0.15) is 24.3 Å². The van der Waals surface area contributed by atoms with E-state index in [9.17, 15) is 9.50 Å². The number of phenols is 1. The lowest BCUT2D eigenvalue weighted by Gasteiger charge is -2.36. The van der Waals surface area contributed by atoms with Crippen LogP contribution in [-0.2, 0) is 0 Å². The number of phenolic OH excluding ortho intramolecular Hbond substituents is 1. The van der Waals surface area contributed by atoms with Gasteiger partial charge in [0.2, 0.25) is 0 Å². The van der Waals surface area contributed by atoms with E-state index in [4.69, 9.17) is 9.47 Å². The zero-order valence-electron chi connectivity index (χ0n) is 14.0. The Morgan fingerprint density at radius 3 is 2.96 bits per heavy atom. The van der Waals surface area contributed by atoms with Gasteiger partial charge >= 0.3 is 0 Å². The first-order valence-corrected chi connectivity index (χ1v) is 8.77. The first kappa shape index (κ1) is 16.2. The van der Waals surface area contributed by atoms with Gasteiger partial charge in [-0.15, -0.1) is 0 Å². The highest BCUT2D eigenvalue weighted by molar-refractivity contribution is 5.41. The topological polar surface area (TPSA) is 41.9 Å². The third-order valence-corrected chi connectivity index (χ3v) is 4.93. The minimum Gasteiger partial charge on any atom is -0.508 e. The van der Waals surface area contributed by atoms with E-state index >= 15 is 0 Å². The number of hydrogen-bond donors (Lipinski definition) is 1. The number of nitrogens with zero attached hydrogens (tertiary/aromatic N) is 1. The van der Waals surface area contributed by atoms with Crippen LogP contribution in [0.2, 0.25) is 0 Å². The number of benzene rings is 2. The highest BCUT2D eigenvalue weighted by Crippen LogP contribution is 2.33. The van der Waals surface area contributed by atoms with E-state index in [1.807, 2.05) is 12.1 Å². The molecule has 25 heavy (non-hydrogen) atoms. The van der Waals surface area contributed by atoms with Crippen LogP contribution in [-0.4, -0.2) is 42.4 Å². The summed E-state index contributed by atoms with van der Waals surface area (Å²) in [6, 6.07) is 11.9. The molecular weight excluding hydrogens is 321 g/mol. The first-order valence-electron chi connectivity index (χ1n) is 8.77. The third-order valence-electron chi connectivity index (χ3n) is 4.93. The number of aromatic hydroxyl groups is 1. The maximum absolute atomic E-state index is 13.4. The summed E-state index contributed by atoms with van der Waals surface area (Å²) >= 11 is 0. The lowest BCUT2D eigenvalue weighted by atomic mass is 9.90. The number of halogens is 1. The van der Waals surface area contributed by atoms with E-state index in [2.05, 4.69) is 11.0 Å². The fourth-order valence-electron chi connectivity index (χ4n) is 3.74.